The number of imidazole rings is 1. The van der Waals surface area contributed by atoms with E-state index in [-0.39, 0.29) is 35.5 Å². The molecule has 2 bridgehead atoms. The van der Waals surface area contributed by atoms with Crippen molar-refractivity contribution in [3.05, 3.63) is 48.2 Å². The molecule has 2 aliphatic heterocycles. The second kappa shape index (κ2) is 8.77. The first-order chi connectivity index (χ1) is 17.8. The number of aliphatic hydroxyl groups is 1. The number of aromatic nitrogens is 6. The van der Waals surface area contributed by atoms with Gasteiger partial charge >= 0.3 is 0 Å². The minimum absolute atomic E-state index is 0.00707. The van der Waals surface area contributed by atoms with Crippen LogP contribution in [0, 0.1) is 0 Å². The number of pyridine rings is 1. The normalized spacial score (nSPS) is 21.9. The Morgan fingerprint density at radius 3 is 2.51 bits per heavy atom. The number of carbonyl (C=O) groups excluding carboxylic acids is 2. The molecule has 1 amide bonds. The summed E-state index contributed by atoms with van der Waals surface area (Å²) in [6, 6.07) is 3.82. The molecule has 190 valence electrons. The van der Waals surface area contributed by atoms with Crippen LogP contribution in [0.4, 0.5) is 5.82 Å². The van der Waals surface area contributed by atoms with Gasteiger partial charge in [-0.1, -0.05) is 6.07 Å². The summed E-state index contributed by atoms with van der Waals surface area (Å²) in [5, 5.41) is 14.3. The fourth-order valence-corrected chi connectivity index (χ4v) is 5.97. The topological polar surface area (TPSA) is 155 Å². The predicted molar refractivity (Wildman–Crippen MR) is 136 cm³/mol. The Bertz CT molecular complexity index is 1480. The van der Waals surface area contributed by atoms with Gasteiger partial charge in [0.2, 0.25) is 0 Å². The zero-order chi connectivity index (χ0) is 25.8. The monoisotopic (exact) mass is 500 g/mol. The summed E-state index contributed by atoms with van der Waals surface area (Å²) >= 11 is 0. The van der Waals surface area contributed by atoms with Crippen LogP contribution in [0.2, 0.25) is 0 Å². The molecule has 0 aliphatic carbocycles. The lowest BCUT2D eigenvalue weighted by Crippen LogP contribution is -2.49. The summed E-state index contributed by atoms with van der Waals surface area (Å²) in [4.78, 5) is 44.0. The van der Waals surface area contributed by atoms with Gasteiger partial charge in [0.1, 0.15) is 17.6 Å². The number of Topliss-reactive ketones (excluding diaryl/α,β-unsaturated/α-hetero) is 1. The molecule has 3 atom stereocenters. The third-order valence-corrected chi connectivity index (χ3v) is 7.61. The highest BCUT2D eigenvalue weighted by molar-refractivity contribution is 6.00. The summed E-state index contributed by atoms with van der Waals surface area (Å²) < 4.78 is 1.51. The number of aliphatic hydroxyl groups excluding tert-OH is 1. The molecule has 4 aromatic heterocycles. The van der Waals surface area contributed by atoms with E-state index in [4.69, 9.17) is 10.7 Å². The lowest BCUT2D eigenvalue weighted by atomic mass is 9.85. The molecular formula is C26H28N8O3. The third-order valence-electron chi connectivity index (χ3n) is 7.61. The SMILES string of the molecule is CC(=O)c1c(C2C[C@H]3CC[C@H](C2)N3C(=O)[C@@H](C)O)nc2c(-c3ccc(-c4ncc[nH]4)nc3)cnn2c1N. The van der Waals surface area contributed by atoms with Crippen molar-refractivity contribution in [2.45, 2.75) is 63.6 Å². The zero-order valence-corrected chi connectivity index (χ0v) is 20.6. The number of hydrogen-bond acceptors (Lipinski definition) is 8. The average Bonchev–Trinajstić information content (AvgIpc) is 3.62. The Balaban J connectivity index is 1.41. The molecule has 0 saturated carbocycles. The molecule has 0 spiro atoms. The van der Waals surface area contributed by atoms with Gasteiger partial charge < -0.3 is 20.7 Å². The molecule has 6 heterocycles. The molecular weight excluding hydrogens is 472 g/mol. The molecule has 0 radical (unpaired) electrons. The number of piperidine rings is 1. The quantitative estimate of drug-likeness (QED) is 0.353. The van der Waals surface area contributed by atoms with E-state index in [9.17, 15) is 14.7 Å². The standard InChI is InChI=1S/C26H28N8O3/c1-13(35)21-22(16-9-17-4-5-18(10-16)33(17)26(37)14(2)36)32-25-19(12-31-34(25)23(21)27)15-3-6-20(30-11-15)24-28-7-8-29-24/h3,6-8,11-12,14,16-18,36H,4-5,9-10,27H2,1-2H3,(H,28,29)/t14-,17-,18-/m1/s1. The molecule has 11 heteroatoms. The van der Waals surface area contributed by atoms with Gasteiger partial charge in [0.15, 0.2) is 17.3 Å². The molecule has 0 unspecified atom stereocenters. The zero-order valence-electron chi connectivity index (χ0n) is 20.6. The number of nitrogens with one attached hydrogen (secondary N) is 1. The third kappa shape index (κ3) is 3.77. The molecule has 37 heavy (non-hydrogen) atoms. The smallest absolute Gasteiger partial charge is 0.251 e. The summed E-state index contributed by atoms with van der Waals surface area (Å²) in [6.45, 7) is 3.00. The van der Waals surface area contributed by atoms with Crippen molar-refractivity contribution >= 4 is 23.2 Å². The maximum Gasteiger partial charge on any atom is 0.251 e. The molecule has 11 nitrogen and oxygen atoms in total. The minimum Gasteiger partial charge on any atom is -0.384 e. The Morgan fingerprint density at radius 2 is 1.92 bits per heavy atom. The summed E-state index contributed by atoms with van der Waals surface area (Å²) in [5.74, 6) is 0.498. The molecule has 4 N–H and O–H groups in total. The number of hydrogen-bond donors (Lipinski definition) is 3. The van der Waals surface area contributed by atoms with Gasteiger partial charge in [-0.2, -0.15) is 9.61 Å². The number of carbonyl (C=O) groups is 2. The average molecular weight is 501 g/mol. The molecule has 6 rings (SSSR count). The lowest BCUT2D eigenvalue weighted by molar-refractivity contribution is -0.144. The Morgan fingerprint density at radius 1 is 1.16 bits per heavy atom. The number of rotatable bonds is 5. The van der Waals surface area contributed by atoms with E-state index in [0.29, 0.717) is 41.3 Å². The van der Waals surface area contributed by atoms with E-state index >= 15 is 0 Å². The van der Waals surface area contributed by atoms with Crippen molar-refractivity contribution in [1.82, 2.24) is 34.4 Å². The number of nitrogens with zero attached hydrogens (tertiary/aromatic N) is 6. The van der Waals surface area contributed by atoms with Crippen LogP contribution in [0.5, 0.6) is 0 Å². The molecule has 2 aliphatic rings. The van der Waals surface area contributed by atoms with Gasteiger partial charge in [-0.15, -0.1) is 0 Å². The highest BCUT2D eigenvalue weighted by Crippen LogP contribution is 2.44. The summed E-state index contributed by atoms with van der Waals surface area (Å²) in [6.07, 6.45) is 8.90. The van der Waals surface area contributed by atoms with Crippen molar-refractivity contribution in [2.24, 2.45) is 0 Å². The summed E-state index contributed by atoms with van der Waals surface area (Å²) in [5.41, 5.74) is 10.4. The predicted octanol–water partition coefficient (Wildman–Crippen LogP) is 2.58. The summed E-state index contributed by atoms with van der Waals surface area (Å²) in [7, 11) is 0. The van der Waals surface area contributed by atoms with Gasteiger partial charge in [-0.05, 0) is 45.6 Å². The largest absolute Gasteiger partial charge is 0.384 e. The highest BCUT2D eigenvalue weighted by Gasteiger charge is 2.45. The van der Waals surface area contributed by atoms with Crippen molar-refractivity contribution in [3.8, 4) is 22.6 Å². The Kier molecular flexibility index (Phi) is 5.52. The fraction of sp³-hybridized carbons (Fsp3) is 0.385. The van der Waals surface area contributed by atoms with Gasteiger partial charge in [0, 0.05) is 47.7 Å². The maximum absolute atomic E-state index is 12.8. The van der Waals surface area contributed by atoms with E-state index in [1.54, 1.807) is 24.8 Å². The van der Waals surface area contributed by atoms with E-state index in [0.717, 1.165) is 24.0 Å². The van der Waals surface area contributed by atoms with Gasteiger partial charge in [0.25, 0.3) is 5.91 Å². The van der Waals surface area contributed by atoms with Crippen LogP contribution in [-0.4, -0.2) is 69.4 Å². The second-order valence-corrected chi connectivity index (χ2v) is 9.95. The Hall–Kier alpha value is -4.12. The van der Waals surface area contributed by atoms with Crippen molar-refractivity contribution < 1.29 is 14.7 Å². The molecule has 2 saturated heterocycles. The van der Waals surface area contributed by atoms with Gasteiger partial charge in [0.05, 0.1) is 17.5 Å². The van der Waals surface area contributed by atoms with Crippen molar-refractivity contribution in [3.63, 3.8) is 0 Å². The van der Waals surface area contributed by atoms with E-state index in [1.165, 1.54) is 18.4 Å². The number of aromatic amines is 1. The number of nitrogen functional groups attached to an aromatic ring is 1. The van der Waals surface area contributed by atoms with Crippen molar-refractivity contribution in [1.29, 1.82) is 0 Å². The first-order valence-corrected chi connectivity index (χ1v) is 12.5. The maximum atomic E-state index is 12.8. The Labute approximate surface area is 212 Å². The number of fused-ring (bicyclic) bond motifs is 3. The first-order valence-electron chi connectivity index (χ1n) is 12.5. The first kappa shape index (κ1) is 23.3. The number of anilines is 1. The highest BCUT2D eigenvalue weighted by atomic mass is 16.3. The van der Waals surface area contributed by atoms with Gasteiger partial charge in [-0.25, -0.2) is 9.97 Å². The molecule has 4 aromatic rings. The number of H-pyrrole nitrogens is 1. The number of amides is 1. The van der Waals surface area contributed by atoms with Crippen LogP contribution in [0.1, 0.15) is 61.5 Å². The van der Waals surface area contributed by atoms with Gasteiger partial charge in [-0.3, -0.25) is 14.6 Å². The van der Waals surface area contributed by atoms with Crippen LogP contribution in [0.3, 0.4) is 0 Å². The van der Waals surface area contributed by atoms with Crippen LogP contribution in [0.15, 0.2) is 36.9 Å². The van der Waals surface area contributed by atoms with E-state index < -0.39 is 6.10 Å². The second-order valence-electron chi connectivity index (χ2n) is 9.95. The number of nitrogens with two attached hydrogens (primary N) is 1. The lowest BCUT2D eigenvalue weighted by Gasteiger charge is -2.39. The van der Waals surface area contributed by atoms with E-state index in [2.05, 4.69) is 20.1 Å². The number of ketones is 1. The molecule has 0 aromatic carbocycles. The molecule has 2 fully saturated rings. The van der Waals surface area contributed by atoms with Crippen LogP contribution >= 0.6 is 0 Å². The fourth-order valence-electron chi connectivity index (χ4n) is 5.97. The van der Waals surface area contributed by atoms with E-state index in [1.807, 2.05) is 17.0 Å². The van der Waals surface area contributed by atoms with Crippen molar-refractivity contribution in [2.75, 3.05) is 5.73 Å². The minimum atomic E-state index is -1.03. The van der Waals surface area contributed by atoms with Crippen LogP contribution in [0.25, 0.3) is 28.3 Å². The van der Waals surface area contributed by atoms with Crippen LogP contribution in [-0.2, 0) is 4.79 Å². The van der Waals surface area contributed by atoms with Crippen LogP contribution < -0.4 is 5.73 Å².